The second kappa shape index (κ2) is 7.61. The molecule has 3 aromatic rings. The summed E-state index contributed by atoms with van der Waals surface area (Å²) in [5.41, 5.74) is 3.76. The summed E-state index contributed by atoms with van der Waals surface area (Å²) in [6, 6.07) is 18.2. The number of carbonyl (C=O) groups is 2. The average Bonchev–Trinajstić information content (AvgIpc) is 2.64. The van der Waals surface area contributed by atoms with Crippen molar-refractivity contribution in [3.63, 3.8) is 0 Å². The Kier molecular flexibility index (Phi) is 5.08. The third kappa shape index (κ3) is 4.33. The van der Waals surface area contributed by atoms with E-state index in [0.29, 0.717) is 22.6 Å². The van der Waals surface area contributed by atoms with Gasteiger partial charge in [-0.2, -0.15) is 0 Å². The largest absolute Gasteiger partial charge is 0.340 e. The molecule has 0 aliphatic heterocycles. The maximum Gasteiger partial charge on any atom is 0.255 e. The average molecular weight is 345 g/mol. The Labute approximate surface area is 152 Å². The van der Waals surface area contributed by atoms with Gasteiger partial charge in [0.05, 0.1) is 11.9 Å². The van der Waals surface area contributed by atoms with Gasteiger partial charge in [-0.3, -0.25) is 9.59 Å². The number of rotatable bonds is 5. The molecule has 2 aromatic carbocycles. The summed E-state index contributed by atoms with van der Waals surface area (Å²) in [5, 5.41) is 5.98. The standard InChI is InChI=1S/C21H19N3O2/c1-14-4-3-5-17(12-14)21(26)24-19-10-11-20(22-13-19)23-18-8-6-16(7-9-18)15(2)25/h3-13H,1-2H3,(H,22,23)(H,24,26). The van der Waals surface area contributed by atoms with Crippen molar-refractivity contribution in [2.24, 2.45) is 0 Å². The molecule has 0 unspecified atom stereocenters. The zero-order valence-corrected chi connectivity index (χ0v) is 14.6. The molecule has 1 heterocycles. The number of hydrogen-bond acceptors (Lipinski definition) is 4. The van der Waals surface area contributed by atoms with Gasteiger partial charge >= 0.3 is 0 Å². The van der Waals surface area contributed by atoms with Crippen LogP contribution < -0.4 is 10.6 Å². The minimum Gasteiger partial charge on any atom is -0.340 e. The number of nitrogens with one attached hydrogen (secondary N) is 2. The molecule has 0 fully saturated rings. The Hall–Kier alpha value is -3.47. The molecule has 0 saturated carbocycles. The Morgan fingerprint density at radius 3 is 2.23 bits per heavy atom. The zero-order chi connectivity index (χ0) is 18.5. The highest BCUT2D eigenvalue weighted by atomic mass is 16.1. The first-order valence-electron chi connectivity index (χ1n) is 8.23. The van der Waals surface area contributed by atoms with Crippen molar-refractivity contribution in [1.82, 2.24) is 4.98 Å². The van der Waals surface area contributed by atoms with Gasteiger partial charge in [0.2, 0.25) is 0 Å². The molecule has 0 spiro atoms. The van der Waals surface area contributed by atoms with E-state index in [1.807, 2.05) is 37.3 Å². The summed E-state index contributed by atoms with van der Waals surface area (Å²) < 4.78 is 0. The number of ketones is 1. The smallest absolute Gasteiger partial charge is 0.255 e. The SMILES string of the molecule is CC(=O)c1ccc(Nc2ccc(NC(=O)c3cccc(C)c3)cn2)cc1. The third-order valence-corrected chi connectivity index (χ3v) is 3.87. The van der Waals surface area contributed by atoms with Crippen LogP contribution in [-0.2, 0) is 0 Å². The maximum atomic E-state index is 12.2. The number of pyridine rings is 1. The Balaban J connectivity index is 1.64. The highest BCUT2D eigenvalue weighted by molar-refractivity contribution is 6.04. The van der Waals surface area contributed by atoms with E-state index in [9.17, 15) is 9.59 Å². The van der Waals surface area contributed by atoms with Crippen molar-refractivity contribution >= 4 is 28.9 Å². The molecule has 3 rings (SSSR count). The second-order valence-corrected chi connectivity index (χ2v) is 6.01. The summed E-state index contributed by atoms with van der Waals surface area (Å²) in [4.78, 5) is 27.8. The molecule has 2 N–H and O–H groups in total. The zero-order valence-electron chi connectivity index (χ0n) is 14.6. The first-order valence-corrected chi connectivity index (χ1v) is 8.23. The van der Waals surface area contributed by atoms with E-state index in [1.165, 1.54) is 6.92 Å². The minimum absolute atomic E-state index is 0.0309. The van der Waals surface area contributed by atoms with E-state index in [2.05, 4.69) is 15.6 Å². The number of carbonyl (C=O) groups excluding carboxylic acids is 2. The fourth-order valence-corrected chi connectivity index (χ4v) is 2.47. The van der Waals surface area contributed by atoms with Crippen LogP contribution in [0.1, 0.15) is 33.2 Å². The molecule has 26 heavy (non-hydrogen) atoms. The number of amides is 1. The van der Waals surface area contributed by atoms with E-state index in [-0.39, 0.29) is 11.7 Å². The van der Waals surface area contributed by atoms with Crippen molar-refractivity contribution in [2.75, 3.05) is 10.6 Å². The number of aromatic nitrogens is 1. The number of benzene rings is 2. The monoisotopic (exact) mass is 345 g/mol. The molecule has 1 amide bonds. The lowest BCUT2D eigenvalue weighted by Gasteiger charge is -2.08. The lowest BCUT2D eigenvalue weighted by molar-refractivity contribution is 0.101. The maximum absolute atomic E-state index is 12.2. The molecule has 1 aromatic heterocycles. The highest BCUT2D eigenvalue weighted by Crippen LogP contribution is 2.17. The molecule has 5 nitrogen and oxygen atoms in total. The van der Waals surface area contributed by atoms with Gasteiger partial charge in [-0.25, -0.2) is 4.98 Å². The molecule has 130 valence electrons. The van der Waals surface area contributed by atoms with E-state index < -0.39 is 0 Å². The first kappa shape index (κ1) is 17.4. The molecule has 0 bridgehead atoms. The lowest BCUT2D eigenvalue weighted by atomic mass is 10.1. The van der Waals surface area contributed by atoms with Crippen LogP contribution in [0.4, 0.5) is 17.2 Å². The molecule has 5 heteroatoms. The van der Waals surface area contributed by atoms with Crippen molar-refractivity contribution in [3.05, 3.63) is 83.6 Å². The predicted octanol–water partition coefficient (Wildman–Crippen LogP) is 4.59. The third-order valence-electron chi connectivity index (χ3n) is 3.87. The number of Topliss-reactive ketones (excluding diaryl/α,β-unsaturated/α-hetero) is 1. The summed E-state index contributed by atoms with van der Waals surface area (Å²) >= 11 is 0. The molecule has 0 atom stereocenters. The molecule has 0 radical (unpaired) electrons. The van der Waals surface area contributed by atoms with Crippen LogP contribution >= 0.6 is 0 Å². The molecular formula is C21H19N3O2. The fraction of sp³-hybridized carbons (Fsp3) is 0.0952. The summed E-state index contributed by atoms with van der Waals surface area (Å²) in [7, 11) is 0. The van der Waals surface area contributed by atoms with Crippen LogP contribution in [0.5, 0.6) is 0 Å². The van der Waals surface area contributed by atoms with Gasteiger partial charge in [0, 0.05) is 16.8 Å². The molecular weight excluding hydrogens is 326 g/mol. The molecule has 0 aliphatic carbocycles. The Bertz CT molecular complexity index is 932. The second-order valence-electron chi connectivity index (χ2n) is 6.01. The topological polar surface area (TPSA) is 71.1 Å². The normalized spacial score (nSPS) is 10.2. The van der Waals surface area contributed by atoms with Gasteiger partial charge in [0.15, 0.2) is 5.78 Å². The molecule has 0 aliphatic rings. The lowest BCUT2D eigenvalue weighted by Crippen LogP contribution is -2.12. The minimum atomic E-state index is -0.170. The van der Waals surface area contributed by atoms with E-state index in [1.54, 1.807) is 36.5 Å². The van der Waals surface area contributed by atoms with Crippen molar-refractivity contribution in [1.29, 1.82) is 0 Å². The van der Waals surface area contributed by atoms with Crippen LogP contribution in [0.25, 0.3) is 0 Å². The predicted molar refractivity (Wildman–Crippen MR) is 103 cm³/mol. The van der Waals surface area contributed by atoms with Gasteiger partial charge in [-0.1, -0.05) is 17.7 Å². The van der Waals surface area contributed by atoms with Crippen LogP contribution in [0, 0.1) is 6.92 Å². The van der Waals surface area contributed by atoms with Crippen LogP contribution in [0.3, 0.4) is 0 Å². The number of aryl methyl sites for hydroxylation is 1. The fourth-order valence-electron chi connectivity index (χ4n) is 2.47. The quantitative estimate of drug-likeness (QED) is 0.664. The van der Waals surface area contributed by atoms with E-state index >= 15 is 0 Å². The van der Waals surface area contributed by atoms with Crippen molar-refractivity contribution in [2.45, 2.75) is 13.8 Å². The summed E-state index contributed by atoms with van der Waals surface area (Å²) in [6.07, 6.45) is 1.60. The van der Waals surface area contributed by atoms with Crippen molar-refractivity contribution < 1.29 is 9.59 Å². The summed E-state index contributed by atoms with van der Waals surface area (Å²) in [5.74, 6) is 0.508. The number of anilines is 3. The van der Waals surface area contributed by atoms with E-state index in [0.717, 1.165) is 11.3 Å². The van der Waals surface area contributed by atoms with Crippen molar-refractivity contribution in [3.8, 4) is 0 Å². The van der Waals surface area contributed by atoms with Crippen LogP contribution in [0.15, 0.2) is 66.9 Å². The van der Waals surface area contributed by atoms with Gasteiger partial charge < -0.3 is 10.6 Å². The van der Waals surface area contributed by atoms with Gasteiger partial charge in [0.25, 0.3) is 5.91 Å². The number of nitrogens with zero attached hydrogens (tertiary/aromatic N) is 1. The van der Waals surface area contributed by atoms with Crippen LogP contribution in [0.2, 0.25) is 0 Å². The first-order chi connectivity index (χ1) is 12.5. The number of hydrogen-bond donors (Lipinski definition) is 2. The van der Waals surface area contributed by atoms with Gasteiger partial charge in [-0.15, -0.1) is 0 Å². The van der Waals surface area contributed by atoms with Gasteiger partial charge in [-0.05, 0) is 62.4 Å². The van der Waals surface area contributed by atoms with Crippen LogP contribution in [-0.4, -0.2) is 16.7 Å². The molecule has 0 saturated heterocycles. The Morgan fingerprint density at radius 1 is 0.885 bits per heavy atom. The summed E-state index contributed by atoms with van der Waals surface area (Å²) in [6.45, 7) is 3.48. The highest BCUT2D eigenvalue weighted by Gasteiger charge is 2.06. The van der Waals surface area contributed by atoms with Gasteiger partial charge in [0.1, 0.15) is 5.82 Å². The Morgan fingerprint density at radius 2 is 1.62 bits per heavy atom. The van der Waals surface area contributed by atoms with E-state index in [4.69, 9.17) is 0 Å².